The van der Waals surface area contributed by atoms with Gasteiger partial charge in [-0.2, -0.15) is 0 Å². The van der Waals surface area contributed by atoms with Gasteiger partial charge in [0, 0.05) is 38.1 Å². The van der Waals surface area contributed by atoms with Gasteiger partial charge < -0.3 is 34.4 Å². The van der Waals surface area contributed by atoms with Crippen LogP contribution in [0.1, 0.15) is 26.7 Å². The Morgan fingerprint density at radius 1 is 0.829 bits per heavy atom. The van der Waals surface area contributed by atoms with E-state index in [2.05, 4.69) is 10.6 Å². The molecule has 0 aliphatic carbocycles. The zero-order valence-electron chi connectivity index (χ0n) is 20.5. The monoisotopic (exact) mass is 499 g/mol. The molecule has 0 aromatic heterocycles. The SMILES string of the molecule is CC(C)C(C=O)NC(=O)CCOCCOCCOCCOCCNC(=O)CCN1C(=O)C=CC1=O. The minimum Gasteiger partial charge on any atom is -0.379 e. The number of nitrogens with zero attached hydrogens (tertiary/aromatic N) is 1. The third-order valence-corrected chi connectivity index (χ3v) is 4.81. The van der Waals surface area contributed by atoms with E-state index in [9.17, 15) is 24.0 Å². The van der Waals surface area contributed by atoms with E-state index < -0.39 is 17.9 Å². The Labute approximate surface area is 205 Å². The molecule has 1 heterocycles. The van der Waals surface area contributed by atoms with Crippen LogP contribution in [-0.4, -0.2) is 107 Å². The number of carbonyl (C=O) groups excluding carboxylic acids is 5. The number of hydrogen-bond acceptors (Lipinski definition) is 9. The molecule has 0 radical (unpaired) electrons. The lowest BCUT2D eigenvalue weighted by Crippen LogP contribution is -2.40. The Balaban J connectivity index is 1.82. The van der Waals surface area contributed by atoms with Crippen molar-refractivity contribution in [2.24, 2.45) is 5.92 Å². The van der Waals surface area contributed by atoms with Crippen molar-refractivity contribution in [3.05, 3.63) is 12.2 Å². The quantitative estimate of drug-likeness (QED) is 0.118. The Morgan fingerprint density at radius 2 is 1.34 bits per heavy atom. The second kappa shape index (κ2) is 18.6. The van der Waals surface area contributed by atoms with Gasteiger partial charge in [0.25, 0.3) is 11.8 Å². The molecule has 1 rings (SSSR count). The minimum atomic E-state index is -0.479. The van der Waals surface area contributed by atoms with Crippen LogP contribution in [0.25, 0.3) is 0 Å². The van der Waals surface area contributed by atoms with Crippen molar-refractivity contribution in [1.82, 2.24) is 15.5 Å². The Hall–Kier alpha value is -2.67. The first-order valence-electron chi connectivity index (χ1n) is 11.7. The highest BCUT2D eigenvalue weighted by molar-refractivity contribution is 6.13. The highest BCUT2D eigenvalue weighted by Gasteiger charge is 2.23. The molecule has 4 amide bonds. The number of imide groups is 1. The summed E-state index contributed by atoms with van der Waals surface area (Å²) >= 11 is 0. The van der Waals surface area contributed by atoms with Crippen molar-refractivity contribution >= 4 is 29.9 Å². The molecule has 1 aliphatic heterocycles. The number of ether oxygens (including phenoxy) is 4. The summed E-state index contributed by atoms with van der Waals surface area (Å²) in [6.07, 6.45) is 3.33. The fourth-order valence-corrected chi connectivity index (χ4v) is 2.76. The van der Waals surface area contributed by atoms with Crippen molar-refractivity contribution in [3.8, 4) is 0 Å². The first kappa shape index (κ1) is 30.4. The van der Waals surface area contributed by atoms with Crippen LogP contribution >= 0.6 is 0 Å². The molecule has 0 saturated heterocycles. The molecule has 0 aromatic carbocycles. The first-order valence-corrected chi connectivity index (χ1v) is 11.7. The number of hydrogen-bond donors (Lipinski definition) is 2. The maximum absolute atomic E-state index is 11.7. The van der Waals surface area contributed by atoms with Gasteiger partial charge in [-0.3, -0.25) is 24.1 Å². The van der Waals surface area contributed by atoms with E-state index in [1.54, 1.807) is 0 Å². The van der Waals surface area contributed by atoms with Gasteiger partial charge in [0.15, 0.2) is 0 Å². The molecule has 12 heteroatoms. The van der Waals surface area contributed by atoms with E-state index in [0.29, 0.717) is 52.8 Å². The van der Waals surface area contributed by atoms with Crippen LogP contribution in [0.4, 0.5) is 0 Å². The average Bonchev–Trinajstić information content (AvgIpc) is 3.15. The third kappa shape index (κ3) is 14.4. The van der Waals surface area contributed by atoms with Crippen LogP contribution in [0.15, 0.2) is 12.2 Å². The first-order chi connectivity index (χ1) is 16.8. The summed E-state index contributed by atoms with van der Waals surface area (Å²) in [5.41, 5.74) is 0. The number of aldehydes is 1. The molecule has 0 aromatic rings. The number of nitrogens with one attached hydrogen (secondary N) is 2. The van der Waals surface area contributed by atoms with E-state index in [1.807, 2.05) is 13.8 Å². The lowest BCUT2D eigenvalue weighted by atomic mass is 10.1. The van der Waals surface area contributed by atoms with Crippen LogP contribution < -0.4 is 10.6 Å². The summed E-state index contributed by atoms with van der Waals surface area (Å²) < 4.78 is 21.4. The van der Waals surface area contributed by atoms with Crippen LogP contribution in [0.3, 0.4) is 0 Å². The summed E-state index contributed by atoms with van der Waals surface area (Å²) in [7, 11) is 0. The molecule has 0 fully saturated rings. The lowest BCUT2D eigenvalue weighted by Gasteiger charge is -2.16. The average molecular weight is 500 g/mol. The predicted octanol–water partition coefficient (Wildman–Crippen LogP) is -0.786. The molecule has 0 saturated carbocycles. The third-order valence-electron chi connectivity index (χ3n) is 4.81. The fourth-order valence-electron chi connectivity index (χ4n) is 2.76. The minimum absolute atomic E-state index is 0.0444. The molecule has 198 valence electrons. The number of rotatable bonds is 21. The normalized spacial score (nSPS) is 14.0. The molecule has 1 atom stereocenters. The van der Waals surface area contributed by atoms with Gasteiger partial charge in [0.1, 0.15) is 6.29 Å². The van der Waals surface area contributed by atoms with Gasteiger partial charge >= 0.3 is 0 Å². The van der Waals surface area contributed by atoms with Crippen molar-refractivity contribution in [2.45, 2.75) is 32.7 Å². The van der Waals surface area contributed by atoms with E-state index in [-0.39, 0.29) is 43.7 Å². The summed E-state index contributed by atoms with van der Waals surface area (Å²) in [4.78, 5) is 58.1. The largest absolute Gasteiger partial charge is 0.379 e. The van der Waals surface area contributed by atoms with Gasteiger partial charge in [0.05, 0.1) is 58.9 Å². The highest BCUT2D eigenvalue weighted by Crippen LogP contribution is 2.04. The molecule has 1 unspecified atom stereocenters. The maximum atomic E-state index is 11.7. The lowest BCUT2D eigenvalue weighted by molar-refractivity contribution is -0.137. The van der Waals surface area contributed by atoms with Crippen LogP contribution in [0.5, 0.6) is 0 Å². The highest BCUT2D eigenvalue weighted by atomic mass is 16.6. The van der Waals surface area contributed by atoms with Crippen LogP contribution in [-0.2, 0) is 42.9 Å². The van der Waals surface area contributed by atoms with Gasteiger partial charge in [-0.05, 0) is 5.92 Å². The topological polar surface area (TPSA) is 150 Å². The molecular weight excluding hydrogens is 462 g/mol. The Morgan fingerprint density at radius 3 is 1.86 bits per heavy atom. The second-order valence-electron chi connectivity index (χ2n) is 7.93. The summed E-state index contributed by atoms with van der Waals surface area (Å²) in [6, 6.07) is -0.479. The molecule has 0 spiro atoms. The molecule has 35 heavy (non-hydrogen) atoms. The van der Waals surface area contributed by atoms with Crippen molar-refractivity contribution in [2.75, 3.05) is 65.9 Å². The van der Waals surface area contributed by atoms with E-state index >= 15 is 0 Å². The summed E-state index contributed by atoms with van der Waals surface area (Å²) in [5, 5.41) is 5.30. The number of amides is 4. The van der Waals surface area contributed by atoms with Crippen molar-refractivity contribution in [3.63, 3.8) is 0 Å². The molecule has 2 N–H and O–H groups in total. The zero-order valence-corrected chi connectivity index (χ0v) is 20.5. The van der Waals surface area contributed by atoms with Crippen LogP contribution in [0, 0.1) is 5.92 Å². The van der Waals surface area contributed by atoms with Gasteiger partial charge in [-0.15, -0.1) is 0 Å². The van der Waals surface area contributed by atoms with Gasteiger partial charge in [-0.25, -0.2) is 0 Å². The van der Waals surface area contributed by atoms with Crippen molar-refractivity contribution in [1.29, 1.82) is 0 Å². The second-order valence-corrected chi connectivity index (χ2v) is 7.93. The van der Waals surface area contributed by atoms with Crippen LogP contribution in [0.2, 0.25) is 0 Å². The summed E-state index contributed by atoms with van der Waals surface area (Å²) in [5.74, 6) is -1.25. The number of carbonyl (C=O) groups is 5. The summed E-state index contributed by atoms with van der Waals surface area (Å²) in [6.45, 7) is 6.93. The van der Waals surface area contributed by atoms with Gasteiger partial charge in [-0.1, -0.05) is 13.8 Å². The fraction of sp³-hybridized carbons (Fsp3) is 0.696. The van der Waals surface area contributed by atoms with Crippen molar-refractivity contribution < 1.29 is 42.9 Å². The standard InChI is InChI=1S/C23H37N3O9/c1-18(2)19(17-27)25-21(29)6-9-32-11-13-34-15-16-35-14-12-33-10-7-24-20(28)5-8-26-22(30)3-4-23(26)31/h3-4,17-19H,5-16H2,1-2H3,(H,24,28)(H,25,29). The van der Waals surface area contributed by atoms with E-state index in [4.69, 9.17) is 18.9 Å². The maximum Gasteiger partial charge on any atom is 0.253 e. The molecule has 0 bridgehead atoms. The molecule has 12 nitrogen and oxygen atoms in total. The van der Waals surface area contributed by atoms with E-state index in [1.165, 1.54) is 12.2 Å². The Bertz CT molecular complexity index is 694. The smallest absolute Gasteiger partial charge is 0.253 e. The zero-order chi connectivity index (χ0) is 25.9. The Kier molecular flexibility index (Phi) is 16.2. The molecular formula is C23H37N3O9. The van der Waals surface area contributed by atoms with Gasteiger partial charge in [0.2, 0.25) is 11.8 Å². The molecule has 1 aliphatic rings. The van der Waals surface area contributed by atoms with E-state index in [0.717, 1.165) is 11.2 Å². The predicted molar refractivity (Wildman–Crippen MR) is 124 cm³/mol.